The average Bonchev–Trinajstić information content (AvgIpc) is 2.53. The Balaban J connectivity index is 2.44. The lowest BCUT2D eigenvalue weighted by molar-refractivity contribution is -0.117. The van der Waals surface area contributed by atoms with Crippen LogP contribution in [-0.2, 0) is 14.8 Å². The Morgan fingerprint density at radius 2 is 1.81 bits per heavy atom. The van der Waals surface area contributed by atoms with Crippen molar-refractivity contribution in [3.05, 3.63) is 58.1 Å². The number of rotatable bonds is 6. The van der Waals surface area contributed by atoms with Gasteiger partial charge in [-0.15, -0.1) is 0 Å². The quantitative estimate of drug-likeness (QED) is 0.756. The van der Waals surface area contributed by atoms with Gasteiger partial charge < -0.3 is 5.32 Å². The van der Waals surface area contributed by atoms with Crippen molar-refractivity contribution in [2.45, 2.75) is 26.3 Å². The van der Waals surface area contributed by atoms with E-state index in [0.29, 0.717) is 27.0 Å². The maximum atomic E-state index is 12.8. The summed E-state index contributed by atoms with van der Waals surface area (Å²) < 4.78 is 26.1. The Morgan fingerprint density at radius 3 is 2.38 bits per heavy atom. The highest BCUT2D eigenvalue weighted by atomic mass is 35.5. The van der Waals surface area contributed by atoms with Crippen LogP contribution in [0.25, 0.3) is 0 Å². The molecule has 0 aliphatic carbocycles. The number of halogens is 2. The molecule has 2 aromatic carbocycles. The van der Waals surface area contributed by atoms with E-state index < -0.39 is 22.0 Å². The minimum Gasteiger partial charge on any atom is -0.324 e. The number of nitrogens with one attached hydrogen (secondary N) is 1. The predicted octanol–water partition coefficient (Wildman–Crippen LogP) is 4.49. The zero-order valence-corrected chi connectivity index (χ0v) is 17.0. The molecule has 0 saturated carbocycles. The summed E-state index contributed by atoms with van der Waals surface area (Å²) >= 11 is 12.0. The SMILES string of the molecule is CC[C@H](C(=O)Nc1cccc(Cl)c1)N(c1cc(Cl)ccc1C)S(C)(=O)=O. The van der Waals surface area contributed by atoms with Crippen molar-refractivity contribution in [2.24, 2.45) is 0 Å². The number of carbonyl (C=O) groups excluding carboxylic acids is 1. The van der Waals surface area contributed by atoms with E-state index in [-0.39, 0.29) is 6.42 Å². The van der Waals surface area contributed by atoms with Crippen molar-refractivity contribution in [3.63, 3.8) is 0 Å². The highest BCUT2D eigenvalue weighted by molar-refractivity contribution is 7.92. The molecule has 5 nitrogen and oxygen atoms in total. The van der Waals surface area contributed by atoms with Gasteiger partial charge in [-0.1, -0.05) is 42.3 Å². The fourth-order valence-corrected chi connectivity index (χ4v) is 4.26. The van der Waals surface area contributed by atoms with Gasteiger partial charge in [0.1, 0.15) is 6.04 Å². The summed E-state index contributed by atoms with van der Waals surface area (Å²) in [6.45, 7) is 3.52. The molecule has 0 bridgehead atoms. The Labute approximate surface area is 164 Å². The molecule has 0 radical (unpaired) electrons. The fourth-order valence-electron chi connectivity index (χ4n) is 2.65. The van der Waals surface area contributed by atoms with Gasteiger partial charge in [-0.05, 0) is 49.2 Å². The Kier molecular flexibility index (Phi) is 6.55. The van der Waals surface area contributed by atoms with Gasteiger partial charge in [0, 0.05) is 15.7 Å². The van der Waals surface area contributed by atoms with Crippen molar-refractivity contribution in [1.29, 1.82) is 0 Å². The van der Waals surface area contributed by atoms with Crippen LogP contribution in [0.2, 0.25) is 10.0 Å². The maximum absolute atomic E-state index is 12.8. The van der Waals surface area contributed by atoms with E-state index >= 15 is 0 Å². The Hall–Kier alpha value is -1.76. The van der Waals surface area contributed by atoms with Gasteiger partial charge in [-0.3, -0.25) is 9.10 Å². The fraction of sp³-hybridized carbons (Fsp3) is 0.278. The number of amides is 1. The van der Waals surface area contributed by atoms with Crippen LogP contribution in [0, 0.1) is 6.92 Å². The van der Waals surface area contributed by atoms with E-state index in [2.05, 4.69) is 5.32 Å². The van der Waals surface area contributed by atoms with E-state index in [1.54, 1.807) is 56.3 Å². The molecule has 2 aromatic rings. The standard InChI is InChI=1S/C18H20Cl2N2O3S/c1-4-16(18(23)21-15-7-5-6-13(19)10-15)22(26(3,24)25)17-11-14(20)9-8-12(17)2/h5-11,16H,4H2,1-3H3,(H,21,23)/t16-/m1/s1. The second-order valence-electron chi connectivity index (χ2n) is 5.91. The molecule has 2 rings (SSSR count). The summed E-state index contributed by atoms with van der Waals surface area (Å²) in [7, 11) is -3.73. The minimum absolute atomic E-state index is 0.283. The van der Waals surface area contributed by atoms with E-state index in [1.807, 2.05) is 0 Å². The molecule has 0 saturated heterocycles. The highest BCUT2D eigenvalue weighted by Gasteiger charge is 2.32. The first kappa shape index (κ1) is 20.6. The van der Waals surface area contributed by atoms with Gasteiger partial charge in [-0.25, -0.2) is 8.42 Å². The van der Waals surface area contributed by atoms with Crippen molar-refractivity contribution >= 4 is 50.5 Å². The number of benzene rings is 2. The predicted molar refractivity (Wildman–Crippen MR) is 108 cm³/mol. The first-order valence-electron chi connectivity index (χ1n) is 7.95. The lowest BCUT2D eigenvalue weighted by atomic mass is 10.1. The lowest BCUT2D eigenvalue weighted by Crippen LogP contribution is -2.47. The molecule has 0 unspecified atom stereocenters. The van der Waals surface area contributed by atoms with E-state index in [9.17, 15) is 13.2 Å². The summed E-state index contributed by atoms with van der Waals surface area (Å²) in [5.41, 5.74) is 1.58. The van der Waals surface area contributed by atoms with Gasteiger partial charge in [0.25, 0.3) is 0 Å². The molecule has 1 amide bonds. The summed E-state index contributed by atoms with van der Waals surface area (Å²) in [6, 6.07) is 10.7. The number of hydrogen-bond donors (Lipinski definition) is 1. The molecule has 8 heteroatoms. The molecule has 0 aliphatic rings. The number of anilines is 2. The molecule has 140 valence electrons. The van der Waals surface area contributed by atoms with E-state index in [0.717, 1.165) is 10.6 Å². The third-order valence-corrected chi connectivity index (χ3v) is 5.47. The molecule has 0 aromatic heterocycles. The van der Waals surface area contributed by atoms with Crippen LogP contribution in [0.3, 0.4) is 0 Å². The van der Waals surface area contributed by atoms with Crippen LogP contribution in [0.1, 0.15) is 18.9 Å². The number of aryl methyl sites for hydroxylation is 1. The zero-order chi connectivity index (χ0) is 19.5. The summed E-state index contributed by atoms with van der Waals surface area (Å²) in [6.07, 6.45) is 1.36. The average molecular weight is 415 g/mol. The van der Waals surface area contributed by atoms with Gasteiger partial charge >= 0.3 is 0 Å². The number of hydrogen-bond acceptors (Lipinski definition) is 3. The van der Waals surface area contributed by atoms with E-state index in [4.69, 9.17) is 23.2 Å². The van der Waals surface area contributed by atoms with Crippen LogP contribution in [-0.4, -0.2) is 26.6 Å². The summed E-state index contributed by atoms with van der Waals surface area (Å²) in [5.74, 6) is -0.445. The minimum atomic E-state index is -3.73. The molecular formula is C18H20Cl2N2O3S. The highest BCUT2D eigenvalue weighted by Crippen LogP contribution is 2.29. The molecule has 0 heterocycles. The van der Waals surface area contributed by atoms with Crippen LogP contribution in [0.5, 0.6) is 0 Å². The topological polar surface area (TPSA) is 66.5 Å². The first-order valence-corrected chi connectivity index (χ1v) is 10.6. The third kappa shape index (κ3) is 4.90. The van der Waals surface area contributed by atoms with Gasteiger partial charge in [0.2, 0.25) is 15.9 Å². The van der Waals surface area contributed by atoms with Crippen molar-refractivity contribution in [3.8, 4) is 0 Å². The second-order valence-corrected chi connectivity index (χ2v) is 8.65. The van der Waals surface area contributed by atoms with Crippen LogP contribution in [0.4, 0.5) is 11.4 Å². The van der Waals surface area contributed by atoms with Crippen molar-refractivity contribution in [1.82, 2.24) is 0 Å². The number of sulfonamides is 1. The van der Waals surface area contributed by atoms with Crippen molar-refractivity contribution in [2.75, 3.05) is 15.9 Å². The monoisotopic (exact) mass is 414 g/mol. The van der Waals surface area contributed by atoms with Gasteiger partial charge in [0.05, 0.1) is 11.9 Å². The maximum Gasteiger partial charge on any atom is 0.248 e. The normalized spacial score (nSPS) is 12.5. The third-order valence-electron chi connectivity index (χ3n) is 3.83. The Morgan fingerprint density at radius 1 is 1.15 bits per heavy atom. The first-order chi connectivity index (χ1) is 12.1. The zero-order valence-electron chi connectivity index (χ0n) is 14.7. The number of nitrogens with zero attached hydrogens (tertiary/aromatic N) is 1. The van der Waals surface area contributed by atoms with Crippen molar-refractivity contribution < 1.29 is 13.2 Å². The molecule has 0 fully saturated rings. The van der Waals surface area contributed by atoms with E-state index in [1.165, 1.54) is 0 Å². The van der Waals surface area contributed by atoms with Gasteiger partial charge in [0.15, 0.2) is 0 Å². The molecule has 1 N–H and O–H groups in total. The molecule has 0 aliphatic heterocycles. The second kappa shape index (κ2) is 8.29. The molecule has 1 atom stereocenters. The van der Waals surface area contributed by atoms with Crippen LogP contribution < -0.4 is 9.62 Å². The van der Waals surface area contributed by atoms with Gasteiger partial charge in [-0.2, -0.15) is 0 Å². The smallest absolute Gasteiger partial charge is 0.248 e. The summed E-state index contributed by atoms with van der Waals surface area (Å²) in [4.78, 5) is 12.8. The largest absolute Gasteiger partial charge is 0.324 e. The molecule has 26 heavy (non-hydrogen) atoms. The molecule has 0 spiro atoms. The Bertz CT molecular complexity index is 916. The van der Waals surface area contributed by atoms with Crippen LogP contribution in [0.15, 0.2) is 42.5 Å². The molecular weight excluding hydrogens is 395 g/mol. The lowest BCUT2D eigenvalue weighted by Gasteiger charge is -2.31. The van der Waals surface area contributed by atoms with Crippen LogP contribution >= 0.6 is 23.2 Å². The summed E-state index contributed by atoms with van der Waals surface area (Å²) in [5, 5.41) is 3.59. The number of carbonyl (C=O) groups is 1.